The zero-order valence-corrected chi connectivity index (χ0v) is 18.3. The van der Waals surface area contributed by atoms with Gasteiger partial charge in [-0.25, -0.2) is 4.98 Å². The molecule has 0 bridgehead atoms. The van der Waals surface area contributed by atoms with Gasteiger partial charge in [0.05, 0.1) is 6.33 Å². The number of aliphatic imine (C=N–C) groups is 1. The maximum absolute atomic E-state index is 4.53. The Morgan fingerprint density at radius 3 is 2.83 bits per heavy atom. The number of nitrogens with zero attached hydrogens (tertiary/aromatic N) is 4. The van der Waals surface area contributed by atoms with Crippen LogP contribution >= 0.6 is 11.8 Å². The highest BCUT2D eigenvalue weighted by atomic mass is 32.2. The zero-order valence-electron chi connectivity index (χ0n) is 17.4. The number of benzene rings is 2. The van der Waals surface area contributed by atoms with E-state index in [9.17, 15) is 0 Å². The summed E-state index contributed by atoms with van der Waals surface area (Å²) in [7, 11) is 1.88. The van der Waals surface area contributed by atoms with E-state index in [-0.39, 0.29) is 0 Å². The van der Waals surface area contributed by atoms with Crippen molar-refractivity contribution in [3.05, 3.63) is 84.4 Å². The quantitative estimate of drug-likeness (QED) is 0.355. The van der Waals surface area contributed by atoms with E-state index in [0.717, 1.165) is 37.9 Å². The lowest BCUT2D eigenvalue weighted by Crippen LogP contribution is -2.39. The van der Waals surface area contributed by atoms with E-state index >= 15 is 0 Å². The highest BCUT2D eigenvalue weighted by Crippen LogP contribution is 2.25. The number of thioether (sulfide) groups is 1. The summed E-state index contributed by atoms with van der Waals surface area (Å²) in [4.78, 5) is 12.4. The van der Waals surface area contributed by atoms with Crippen molar-refractivity contribution < 1.29 is 0 Å². The molecule has 156 valence electrons. The first-order valence-corrected chi connectivity index (χ1v) is 11.5. The van der Waals surface area contributed by atoms with Gasteiger partial charge in [-0.3, -0.25) is 4.99 Å². The Morgan fingerprint density at radius 2 is 2.03 bits per heavy atom. The number of aromatic nitrogens is 2. The summed E-state index contributed by atoms with van der Waals surface area (Å²) in [6.45, 7) is 3.76. The second-order valence-corrected chi connectivity index (χ2v) is 8.77. The van der Waals surface area contributed by atoms with Crippen molar-refractivity contribution in [3.63, 3.8) is 0 Å². The molecule has 2 heterocycles. The van der Waals surface area contributed by atoms with Gasteiger partial charge < -0.3 is 14.8 Å². The van der Waals surface area contributed by atoms with Crippen LogP contribution in [0.15, 0.2) is 83.2 Å². The molecule has 1 unspecified atom stereocenters. The maximum atomic E-state index is 4.53. The molecule has 2 aromatic carbocycles. The highest BCUT2D eigenvalue weighted by Gasteiger charge is 2.24. The largest absolute Gasteiger partial charge is 0.352 e. The number of likely N-dealkylation sites (tertiary alicyclic amines) is 1. The molecule has 1 N–H and O–H groups in total. The number of hydrogen-bond acceptors (Lipinski definition) is 3. The number of hydrogen-bond donors (Lipinski definition) is 1. The Bertz CT molecular complexity index is 939. The summed E-state index contributed by atoms with van der Waals surface area (Å²) in [6.07, 6.45) is 6.89. The molecule has 1 aromatic heterocycles. The average Bonchev–Trinajstić information content (AvgIpc) is 3.46. The third kappa shape index (κ3) is 5.66. The molecule has 0 saturated carbocycles. The van der Waals surface area contributed by atoms with Crippen molar-refractivity contribution in [2.75, 3.05) is 25.9 Å². The minimum Gasteiger partial charge on any atom is -0.352 e. The highest BCUT2D eigenvalue weighted by molar-refractivity contribution is 7.99. The van der Waals surface area contributed by atoms with Gasteiger partial charge >= 0.3 is 0 Å². The van der Waals surface area contributed by atoms with E-state index in [1.165, 1.54) is 22.4 Å². The van der Waals surface area contributed by atoms with E-state index in [0.29, 0.717) is 5.92 Å². The van der Waals surface area contributed by atoms with Crippen LogP contribution in [0.1, 0.15) is 17.5 Å². The number of nitrogens with one attached hydrogen (secondary N) is 1. The van der Waals surface area contributed by atoms with Crippen LogP contribution in [0.2, 0.25) is 0 Å². The van der Waals surface area contributed by atoms with E-state index in [2.05, 4.69) is 79.4 Å². The maximum Gasteiger partial charge on any atom is 0.193 e. The predicted octanol–water partition coefficient (Wildman–Crippen LogP) is 4.12. The minimum absolute atomic E-state index is 0.701. The lowest BCUT2D eigenvalue weighted by atomic mass is 10.1. The predicted molar refractivity (Wildman–Crippen MR) is 125 cm³/mol. The van der Waals surface area contributed by atoms with Crippen molar-refractivity contribution in [1.82, 2.24) is 19.8 Å². The Morgan fingerprint density at radius 1 is 1.17 bits per heavy atom. The van der Waals surface area contributed by atoms with Crippen LogP contribution in [-0.2, 0) is 13.1 Å². The lowest BCUT2D eigenvalue weighted by Gasteiger charge is -2.22. The summed E-state index contributed by atoms with van der Waals surface area (Å²) in [5.74, 6) is 2.86. The van der Waals surface area contributed by atoms with Crippen molar-refractivity contribution >= 4 is 17.7 Å². The van der Waals surface area contributed by atoms with Gasteiger partial charge in [0.15, 0.2) is 5.96 Å². The monoisotopic (exact) mass is 419 g/mol. The van der Waals surface area contributed by atoms with Crippen LogP contribution in [0.25, 0.3) is 0 Å². The molecule has 30 heavy (non-hydrogen) atoms. The Balaban J connectivity index is 1.27. The molecule has 1 aliphatic rings. The molecule has 0 aliphatic carbocycles. The lowest BCUT2D eigenvalue weighted by molar-refractivity contribution is 0.474. The average molecular weight is 420 g/mol. The van der Waals surface area contributed by atoms with Crippen molar-refractivity contribution in [2.24, 2.45) is 10.9 Å². The fourth-order valence-corrected chi connectivity index (χ4v) is 4.88. The molecule has 0 spiro atoms. The summed E-state index contributed by atoms with van der Waals surface area (Å²) in [5, 5.41) is 3.56. The Hall–Kier alpha value is -2.73. The van der Waals surface area contributed by atoms with Crippen LogP contribution in [0.5, 0.6) is 0 Å². The van der Waals surface area contributed by atoms with Gasteiger partial charge in [-0.1, -0.05) is 42.5 Å². The fourth-order valence-electron chi connectivity index (χ4n) is 3.83. The van der Waals surface area contributed by atoms with Gasteiger partial charge in [0.1, 0.15) is 0 Å². The van der Waals surface area contributed by atoms with Crippen molar-refractivity contribution in [1.29, 1.82) is 0 Å². The molecule has 0 radical (unpaired) electrons. The zero-order chi connectivity index (χ0) is 20.6. The van der Waals surface area contributed by atoms with Crippen LogP contribution in [0, 0.1) is 5.92 Å². The SMILES string of the molecule is CN=C(NCc1cccc(Cn2ccnc2)c1)N1CCC(CSc2ccccc2)C1. The molecule has 0 amide bonds. The van der Waals surface area contributed by atoms with Crippen molar-refractivity contribution in [2.45, 2.75) is 24.4 Å². The molecule has 1 fully saturated rings. The molecule has 1 saturated heterocycles. The standard InChI is InChI=1S/C24H29N5S/c1-25-24(29-12-10-22(17-29)18-30-23-8-3-2-4-9-23)27-15-20-6-5-7-21(14-20)16-28-13-11-26-19-28/h2-9,11,13-14,19,22H,10,12,15-18H2,1H3,(H,25,27). The van der Waals surface area contributed by atoms with E-state index in [1.807, 2.05) is 37.5 Å². The van der Waals surface area contributed by atoms with Gasteiger partial charge in [0, 0.05) is 56.3 Å². The molecule has 1 aliphatic heterocycles. The first-order chi connectivity index (χ1) is 14.8. The second kappa shape index (κ2) is 10.3. The summed E-state index contributed by atoms with van der Waals surface area (Å²) < 4.78 is 2.09. The Labute approximate surface area is 183 Å². The van der Waals surface area contributed by atoms with Crippen LogP contribution in [-0.4, -0.2) is 46.3 Å². The van der Waals surface area contributed by atoms with Crippen LogP contribution in [0.3, 0.4) is 0 Å². The smallest absolute Gasteiger partial charge is 0.193 e. The van der Waals surface area contributed by atoms with E-state index in [1.54, 1.807) is 0 Å². The molecule has 5 nitrogen and oxygen atoms in total. The molecule has 4 rings (SSSR count). The van der Waals surface area contributed by atoms with Crippen LogP contribution in [0.4, 0.5) is 0 Å². The molecule has 3 aromatic rings. The first-order valence-electron chi connectivity index (χ1n) is 10.5. The number of rotatable bonds is 7. The molecular weight excluding hydrogens is 390 g/mol. The molecule has 6 heteroatoms. The topological polar surface area (TPSA) is 45.5 Å². The van der Waals surface area contributed by atoms with Gasteiger partial charge in [0.2, 0.25) is 0 Å². The fraction of sp³-hybridized carbons (Fsp3) is 0.333. The Kier molecular flexibility index (Phi) is 7.08. The van der Waals surface area contributed by atoms with Crippen LogP contribution < -0.4 is 5.32 Å². The third-order valence-electron chi connectivity index (χ3n) is 5.39. The van der Waals surface area contributed by atoms with Gasteiger partial charge in [0.25, 0.3) is 0 Å². The van der Waals surface area contributed by atoms with Gasteiger partial charge in [-0.15, -0.1) is 11.8 Å². The summed E-state index contributed by atoms with van der Waals surface area (Å²) in [6, 6.07) is 19.4. The van der Waals surface area contributed by atoms with Crippen molar-refractivity contribution in [3.8, 4) is 0 Å². The summed E-state index contributed by atoms with van der Waals surface area (Å²) >= 11 is 1.96. The molecule has 1 atom stereocenters. The van der Waals surface area contributed by atoms with E-state index in [4.69, 9.17) is 0 Å². The normalized spacial score (nSPS) is 16.8. The first kappa shape index (κ1) is 20.5. The number of guanidine groups is 1. The van der Waals surface area contributed by atoms with Gasteiger partial charge in [-0.05, 0) is 35.6 Å². The second-order valence-electron chi connectivity index (χ2n) is 7.68. The van der Waals surface area contributed by atoms with Gasteiger partial charge in [-0.2, -0.15) is 0 Å². The third-order valence-corrected chi connectivity index (χ3v) is 6.64. The number of imidazole rings is 1. The summed E-state index contributed by atoms with van der Waals surface area (Å²) in [5.41, 5.74) is 2.55. The molecular formula is C24H29N5S. The van der Waals surface area contributed by atoms with E-state index < -0.39 is 0 Å². The minimum atomic E-state index is 0.701.